The molecule has 0 N–H and O–H groups in total. The van der Waals surface area contributed by atoms with Crippen molar-refractivity contribution in [1.29, 1.82) is 0 Å². The summed E-state index contributed by atoms with van der Waals surface area (Å²) in [5, 5.41) is 3.56. The van der Waals surface area contributed by atoms with E-state index >= 15 is 0 Å². The van der Waals surface area contributed by atoms with Crippen LogP contribution in [0.25, 0.3) is 22.4 Å². The van der Waals surface area contributed by atoms with Gasteiger partial charge in [0.15, 0.2) is 5.78 Å². The van der Waals surface area contributed by atoms with E-state index in [-0.39, 0.29) is 17.9 Å². The van der Waals surface area contributed by atoms with Crippen molar-refractivity contribution in [2.45, 2.75) is 6.42 Å². The van der Waals surface area contributed by atoms with Crippen LogP contribution in [0.1, 0.15) is 25.9 Å². The van der Waals surface area contributed by atoms with Crippen molar-refractivity contribution >= 4 is 46.3 Å². The molecule has 0 aliphatic carbocycles. The normalized spacial score (nSPS) is 10.7. The Kier molecular flexibility index (Phi) is 6.65. The third kappa shape index (κ3) is 4.88. The first kappa shape index (κ1) is 22.1. The van der Waals surface area contributed by atoms with Gasteiger partial charge in [0.2, 0.25) is 0 Å². The van der Waals surface area contributed by atoms with Crippen molar-refractivity contribution in [3.05, 3.63) is 92.5 Å². The molecule has 0 aliphatic rings. The number of methoxy groups -OCH3 is 1. The smallest absolute Gasteiger partial charge is 0.356 e. The van der Waals surface area contributed by atoms with Crippen molar-refractivity contribution in [1.82, 2.24) is 9.97 Å². The quantitative estimate of drug-likeness (QED) is 0.235. The fourth-order valence-electron chi connectivity index (χ4n) is 3.09. The molecular weight excluding hydrogens is 467 g/mol. The number of rotatable bonds is 6. The van der Waals surface area contributed by atoms with Crippen LogP contribution in [0.4, 0.5) is 0 Å². The lowest BCUT2D eigenvalue weighted by Gasteiger charge is -2.05. The molecule has 4 aromatic rings. The largest absolute Gasteiger partial charge is 0.464 e. The van der Waals surface area contributed by atoms with Crippen molar-refractivity contribution in [3.63, 3.8) is 0 Å². The molecule has 32 heavy (non-hydrogen) atoms. The van der Waals surface area contributed by atoms with Gasteiger partial charge in [-0.2, -0.15) is 0 Å². The van der Waals surface area contributed by atoms with Gasteiger partial charge in [-0.25, -0.2) is 14.8 Å². The summed E-state index contributed by atoms with van der Waals surface area (Å²) in [7, 11) is 1.31. The second-order valence-electron chi connectivity index (χ2n) is 6.85. The lowest BCUT2D eigenvalue weighted by Crippen LogP contribution is -2.04. The molecule has 2 aromatic heterocycles. The standard InChI is InChI=1S/C24H16Cl2N2O3S/c1-31-24(30)20-11-16(8-9-27-20)14-2-4-15(5-3-14)22(29)12-23-28-21(13-32-23)17-6-7-18(25)19(26)10-17/h2-11,13H,12H2,1H3. The van der Waals surface area contributed by atoms with Crippen LogP contribution in [0, 0.1) is 0 Å². The summed E-state index contributed by atoms with van der Waals surface area (Å²) < 4.78 is 4.71. The van der Waals surface area contributed by atoms with E-state index in [2.05, 4.69) is 9.97 Å². The van der Waals surface area contributed by atoms with E-state index in [0.717, 1.165) is 27.4 Å². The first-order chi connectivity index (χ1) is 15.4. The number of hydrogen-bond acceptors (Lipinski definition) is 6. The average Bonchev–Trinajstić information content (AvgIpc) is 3.29. The number of carbonyl (C=O) groups is 2. The predicted molar refractivity (Wildman–Crippen MR) is 127 cm³/mol. The molecule has 160 valence electrons. The number of pyridine rings is 1. The number of aromatic nitrogens is 2. The molecule has 0 unspecified atom stereocenters. The second kappa shape index (κ2) is 9.61. The van der Waals surface area contributed by atoms with Crippen LogP contribution in [0.5, 0.6) is 0 Å². The van der Waals surface area contributed by atoms with Crippen LogP contribution < -0.4 is 0 Å². The zero-order valence-corrected chi connectivity index (χ0v) is 19.2. The zero-order chi connectivity index (χ0) is 22.7. The van der Waals surface area contributed by atoms with Gasteiger partial charge in [-0.1, -0.05) is 53.5 Å². The van der Waals surface area contributed by atoms with Gasteiger partial charge in [0.25, 0.3) is 0 Å². The van der Waals surface area contributed by atoms with E-state index < -0.39 is 5.97 Å². The van der Waals surface area contributed by atoms with Gasteiger partial charge in [0.1, 0.15) is 10.7 Å². The van der Waals surface area contributed by atoms with Crippen LogP contribution in [-0.2, 0) is 11.2 Å². The Morgan fingerprint density at radius 2 is 1.69 bits per heavy atom. The highest BCUT2D eigenvalue weighted by atomic mass is 35.5. The minimum atomic E-state index is -0.498. The number of carbonyl (C=O) groups excluding carboxylic acids is 2. The van der Waals surface area contributed by atoms with Crippen LogP contribution in [-0.4, -0.2) is 28.8 Å². The molecule has 5 nitrogen and oxygen atoms in total. The van der Waals surface area contributed by atoms with Crippen LogP contribution in [0.3, 0.4) is 0 Å². The summed E-state index contributed by atoms with van der Waals surface area (Å²) in [6, 6.07) is 16.0. The second-order valence-corrected chi connectivity index (χ2v) is 8.61. The zero-order valence-electron chi connectivity index (χ0n) is 16.8. The lowest BCUT2D eigenvalue weighted by molar-refractivity contribution is 0.0594. The minimum absolute atomic E-state index is 0.0310. The molecule has 0 spiro atoms. The Morgan fingerprint density at radius 1 is 0.938 bits per heavy atom. The van der Waals surface area contributed by atoms with Gasteiger partial charge in [0, 0.05) is 22.7 Å². The summed E-state index contributed by atoms with van der Waals surface area (Å²) in [6.45, 7) is 0. The highest BCUT2D eigenvalue weighted by Crippen LogP contribution is 2.29. The number of halogens is 2. The Balaban J connectivity index is 1.47. The number of nitrogens with zero attached hydrogens (tertiary/aromatic N) is 2. The SMILES string of the molecule is COC(=O)c1cc(-c2ccc(C(=O)Cc3nc(-c4ccc(Cl)c(Cl)c4)cs3)cc2)ccn1. The van der Waals surface area contributed by atoms with Crippen molar-refractivity contribution in [3.8, 4) is 22.4 Å². The summed E-state index contributed by atoms with van der Waals surface area (Å²) in [5.74, 6) is -0.529. The van der Waals surface area contributed by atoms with Crippen LogP contribution in [0.15, 0.2) is 66.2 Å². The molecule has 2 aromatic carbocycles. The van der Waals surface area contributed by atoms with Crippen molar-refractivity contribution in [2.75, 3.05) is 7.11 Å². The highest BCUT2D eigenvalue weighted by Gasteiger charge is 2.13. The van der Waals surface area contributed by atoms with Crippen molar-refractivity contribution < 1.29 is 14.3 Å². The third-order valence-corrected chi connectivity index (χ3v) is 6.36. The maximum atomic E-state index is 12.7. The number of benzene rings is 2. The molecule has 0 amide bonds. The van der Waals surface area contributed by atoms with Gasteiger partial charge in [-0.15, -0.1) is 11.3 Å². The number of thiazole rings is 1. The van der Waals surface area contributed by atoms with Crippen molar-refractivity contribution in [2.24, 2.45) is 0 Å². The van der Waals surface area contributed by atoms with E-state index in [9.17, 15) is 9.59 Å². The minimum Gasteiger partial charge on any atom is -0.464 e. The number of hydrogen-bond donors (Lipinski definition) is 0. The average molecular weight is 483 g/mol. The topological polar surface area (TPSA) is 69.2 Å². The molecular formula is C24H16Cl2N2O3S. The summed E-state index contributed by atoms with van der Waals surface area (Å²) >= 11 is 13.5. The molecule has 2 heterocycles. The highest BCUT2D eigenvalue weighted by molar-refractivity contribution is 7.10. The van der Waals surface area contributed by atoms with E-state index in [1.165, 1.54) is 18.4 Å². The van der Waals surface area contributed by atoms with E-state index in [0.29, 0.717) is 15.6 Å². The molecule has 0 saturated carbocycles. The maximum Gasteiger partial charge on any atom is 0.356 e. The molecule has 4 rings (SSSR count). The first-order valence-corrected chi connectivity index (χ1v) is 11.2. The van der Waals surface area contributed by atoms with Crippen LogP contribution in [0.2, 0.25) is 10.0 Å². The fraction of sp³-hybridized carbons (Fsp3) is 0.0833. The Labute approximate surface area is 198 Å². The number of ether oxygens (including phenoxy) is 1. The van der Waals surface area contributed by atoms with E-state index in [1.54, 1.807) is 42.6 Å². The third-order valence-electron chi connectivity index (χ3n) is 4.77. The number of Topliss-reactive ketones (excluding diaryl/α,β-unsaturated/α-hetero) is 1. The first-order valence-electron chi connectivity index (χ1n) is 9.52. The van der Waals surface area contributed by atoms with Gasteiger partial charge < -0.3 is 4.74 Å². The van der Waals surface area contributed by atoms with E-state index in [1.807, 2.05) is 23.6 Å². The molecule has 8 heteroatoms. The van der Waals surface area contributed by atoms with Gasteiger partial charge >= 0.3 is 5.97 Å². The number of esters is 1. The Hall–Kier alpha value is -3.06. The van der Waals surface area contributed by atoms with Crippen LogP contribution >= 0.6 is 34.5 Å². The summed E-state index contributed by atoms with van der Waals surface area (Å²) in [6.07, 6.45) is 1.75. The molecule has 0 aliphatic heterocycles. The fourth-order valence-corrected chi connectivity index (χ4v) is 4.19. The molecule has 0 radical (unpaired) electrons. The monoisotopic (exact) mass is 482 g/mol. The van der Waals surface area contributed by atoms with Gasteiger partial charge in [0.05, 0.1) is 29.3 Å². The Morgan fingerprint density at radius 3 is 2.41 bits per heavy atom. The summed E-state index contributed by atoms with van der Waals surface area (Å²) in [4.78, 5) is 33.0. The van der Waals surface area contributed by atoms with Gasteiger partial charge in [-0.3, -0.25) is 4.79 Å². The van der Waals surface area contributed by atoms with E-state index in [4.69, 9.17) is 27.9 Å². The molecule has 0 bridgehead atoms. The van der Waals surface area contributed by atoms with Gasteiger partial charge in [-0.05, 0) is 35.4 Å². The Bertz CT molecular complexity index is 1300. The molecule has 0 fully saturated rings. The summed E-state index contributed by atoms with van der Waals surface area (Å²) in [5.41, 5.74) is 4.10. The number of ketones is 1. The lowest BCUT2D eigenvalue weighted by atomic mass is 10.0. The predicted octanol–water partition coefficient (Wildman–Crippen LogP) is 6.39. The molecule has 0 atom stereocenters. The maximum absolute atomic E-state index is 12.7. The molecule has 0 saturated heterocycles.